The van der Waals surface area contributed by atoms with Crippen molar-refractivity contribution in [2.75, 3.05) is 0 Å². The summed E-state index contributed by atoms with van der Waals surface area (Å²) in [6, 6.07) is 25.8. The van der Waals surface area contributed by atoms with Crippen LogP contribution in [0.5, 0.6) is 11.5 Å². The van der Waals surface area contributed by atoms with Gasteiger partial charge in [-0.1, -0.05) is 97.6 Å². The molecule has 0 bridgehead atoms. The molecule has 4 aromatic carbocycles. The molecular formula is C40H45Cl3N4O5. The van der Waals surface area contributed by atoms with Crippen LogP contribution in [0, 0.1) is 13.8 Å². The normalized spacial score (nSPS) is 11.0. The molecule has 1 heterocycles. The summed E-state index contributed by atoms with van der Waals surface area (Å²) in [6.07, 6.45) is 4.06. The minimum Gasteiger partial charge on any atom is -0.489 e. The smallest absolute Gasteiger partial charge is 0.258 e. The van der Waals surface area contributed by atoms with Crippen LogP contribution >= 0.6 is 34.8 Å². The van der Waals surface area contributed by atoms with Gasteiger partial charge >= 0.3 is 0 Å². The molecule has 0 aliphatic rings. The van der Waals surface area contributed by atoms with E-state index in [1.165, 1.54) is 0 Å². The van der Waals surface area contributed by atoms with E-state index < -0.39 is 5.24 Å². The van der Waals surface area contributed by atoms with E-state index in [9.17, 15) is 4.79 Å². The van der Waals surface area contributed by atoms with Crippen LogP contribution in [0.25, 0.3) is 22.8 Å². The zero-order valence-corrected chi connectivity index (χ0v) is 32.5. The first-order valence-corrected chi connectivity index (χ1v) is 18.1. The summed E-state index contributed by atoms with van der Waals surface area (Å²) >= 11 is 17.7. The first-order valence-electron chi connectivity index (χ1n) is 17.0. The summed E-state index contributed by atoms with van der Waals surface area (Å²) in [6.45, 7) is 12.2. The molecule has 276 valence electrons. The number of amidine groups is 1. The van der Waals surface area contributed by atoms with Gasteiger partial charge in [0.2, 0.25) is 5.82 Å². The van der Waals surface area contributed by atoms with E-state index >= 15 is 0 Å². The number of aryl methyl sites for hydroxylation is 2. The van der Waals surface area contributed by atoms with Crippen LogP contribution in [0.2, 0.25) is 10.0 Å². The summed E-state index contributed by atoms with van der Waals surface area (Å²) in [4.78, 5) is 15.1. The molecule has 5 rings (SSSR count). The third-order valence-electron chi connectivity index (χ3n) is 8.09. The minimum atomic E-state index is -0.391. The topological polar surface area (TPSA) is 133 Å². The van der Waals surface area contributed by atoms with E-state index in [0.717, 1.165) is 47.9 Å². The fraction of sp³-hybridized carbons (Fsp3) is 0.300. The SMILES string of the molecule is CCC(CC)Oc1ccc(-c2noc(-c3ccccc3C)n2)cc1Cl.CCC(CC)Oc1ccc(/C(N)=N/O)cc1Cl.Cc1ccccc1C(=O)Cl. The molecule has 1 aromatic heterocycles. The summed E-state index contributed by atoms with van der Waals surface area (Å²) in [5, 5.41) is 16.2. The Morgan fingerprint density at radius 3 is 1.83 bits per heavy atom. The van der Waals surface area contributed by atoms with Crippen molar-refractivity contribution in [3.63, 3.8) is 0 Å². The molecule has 0 saturated heterocycles. The number of benzene rings is 4. The molecule has 52 heavy (non-hydrogen) atoms. The molecule has 0 unspecified atom stereocenters. The van der Waals surface area contributed by atoms with E-state index in [1.54, 1.807) is 30.3 Å². The number of hydrogen-bond donors (Lipinski definition) is 2. The molecule has 0 amide bonds. The number of rotatable bonds is 12. The van der Waals surface area contributed by atoms with Crippen molar-refractivity contribution >= 4 is 45.9 Å². The lowest BCUT2D eigenvalue weighted by molar-refractivity contribution is 0.108. The van der Waals surface area contributed by atoms with Crippen LogP contribution in [0.15, 0.2) is 94.6 Å². The second kappa shape index (κ2) is 21.1. The molecule has 12 heteroatoms. The molecule has 0 spiro atoms. The predicted octanol–water partition coefficient (Wildman–Crippen LogP) is 11.3. The van der Waals surface area contributed by atoms with Gasteiger partial charge < -0.3 is 24.9 Å². The molecule has 0 atom stereocenters. The fourth-order valence-electron chi connectivity index (χ4n) is 4.88. The van der Waals surface area contributed by atoms with E-state index in [4.69, 9.17) is 59.7 Å². The van der Waals surface area contributed by atoms with Gasteiger partial charge in [0, 0.05) is 22.3 Å². The highest BCUT2D eigenvalue weighted by Gasteiger charge is 2.15. The van der Waals surface area contributed by atoms with Gasteiger partial charge in [-0.25, -0.2) is 0 Å². The quantitative estimate of drug-likeness (QED) is 0.0421. The third kappa shape index (κ3) is 12.0. The van der Waals surface area contributed by atoms with Crippen LogP contribution in [0.1, 0.15) is 80.4 Å². The van der Waals surface area contributed by atoms with Gasteiger partial charge in [-0.2, -0.15) is 4.98 Å². The first-order chi connectivity index (χ1) is 24.9. The standard InChI is InChI=1S/C20H21ClN2O2.C12H17ClN2O2.C8H7ClO/c1-4-15(5-2)24-18-11-10-14(12-17(18)21)19-22-20(25-23-19)16-9-7-6-8-13(16)3;1-3-9(4-2)17-11-6-5-8(7-10(11)13)12(14)15-16;1-6-4-2-3-5-7(6)8(9)10/h6-12,15H,4-5H2,1-3H3;5-7,9,16H,3-4H2,1-2H3,(H2,14,15);2-5H,1H3. The van der Waals surface area contributed by atoms with E-state index in [0.29, 0.717) is 44.4 Å². The Hall–Kier alpha value is -4.57. The number of ether oxygens (including phenoxy) is 2. The summed E-state index contributed by atoms with van der Waals surface area (Å²) in [5.41, 5.74) is 10.4. The van der Waals surface area contributed by atoms with Gasteiger partial charge in [-0.3, -0.25) is 4.79 Å². The Labute approximate surface area is 320 Å². The van der Waals surface area contributed by atoms with Gasteiger partial charge in [-0.15, -0.1) is 0 Å². The lowest BCUT2D eigenvalue weighted by Crippen LogP contribution is -2.15. The summed E-state index contributed by atoms with van der Waals surface area (Å²) in [5.74, 6) is 2.34. The molecule has 0 radical (unpaired) electrons. The summed E-state index contributed by atoms with van der Waals surface area (Å²) < 4.78 is 17.1. The van der Waals surface area contributed by atoms with Crippen molar-refractivity contribution in [2.45, 2.75) is 79.4 Å². The van der Waals surface area contributed by atoms with Crippen LogP contribution in [-0.4, -0.2) is 38.6 Å². The van der Waals surface area contributed by atoms with E-state index in [-0.39, 0.29) is 18.0 Å². The molecule has 0 aliphatic carbocycles. The third-order valence-corrected chi connectivity index (χ3v) is 8.89. The van der Waals surface area contributed by atoms with Crippen molar-refractivity contribution in [3.8, 4) is 34.3 Å². The second-order valence-electron chi connectivity index (χ2n) is 11.7. The van der Waals surface area contributed by atoms with Crippen molar-refractivity contribution in [1.29, 1.82) is 0 Å². The Balaban J connectivity index is 0.000000233. The zero-order valence-electron chi connectivity index (χ0n) is 30.2. The van der Waals surface area contributed by atoms with Gasteiger partial charge in [0.05, 0.1) is 22.3 Å². The molecule has 0 fully saturated rings. The van der Waals surface area contributed by atoms with Crippen molar-refractivity contribution in [2.24, 2.45) is 10.9 Å². The second-order valence-corrected chi connectivity index (χ2v) is 12.9. The highest BCUT2D eigenvalue weighted by atomic mass is 35.5. The number of carbonyl (C=O) groups is 1. The number of nitrogens with two attached hydrogens (primary N) is 1. The van der Waals surface area contributed by atoms with Crippen LogP contribution < -0.4 is 15.2 Å². The Kier molecular flexibility index (Phi) is 17.0. The van der Waals surface area contributed by atoms with Crippen molar-refractivity contribution in [1.82, 2.24) is 10.1 Å². The number of oxime groups is 1. The number of nitrogens with zero attached hydrogens (tertiary/aromatic N) is 3. The molecule has 5 aromatic rings. The zero-order chi connectivity index (χ0) is 38.2. The first kappa shape index (κ1) is 41.8. The van der Waals surface area contributed by atoms with Gasteiger partial charge in [-0.05, 0) is 111 Å². The maximum atomic E-state index is 10.6. The highest BCUT2D eigenvalue weighted by molar-refractivity contribution is 6.67. The number of halogens is 3. The fourth-order valence-corrected chi connectivity index (χ4v) is 5.54. The molecule has 0 saturated carbocycles. The van der Waals surface area contributed by atoms with Gasteiger partial charge in [0.15, 0.2) is 5.84 Å². The predicted molar refractivity (Wildman–Crippen MR) is 210 cm³/mol. The molecular weight excluding hydrogens is 723 g/mol. The average molecular weight is 768 g/mol. The maximum Gasteiger partial charge on any atom is 0.258 e. The maximum absolute atomic E-state index is 10.6. The monoisotopic (exact) mass is 766 g/mol. The Morgan fingerprint density at radius 1 is 0.808 bits per heavy atom. The lowest BCUT2D eigenvalue weighted by atomic mass is 10.1. The summed E-state index contributed by atoms with van der Waals surface area (Å²) in [7, 11) is 0. The average Bonchev–Trinajstić information content (AvgIpc) is 3.64. The van der Waals surface area contributed by atoms with E-state index in [2.05, 4.69) is 43.0 Å². The number of aromatic nitrogens is 2. The number of hydrogen-bond acceptors (Lipinski definition) is 8. The van der Waals surface area contributed by atoms with Crippen LogP contribution in [0.3, 0.4) is 0 Å². The Morgan fingerprint density at radius 2 is 1.35 bits per heavy atom. The lowest BCUT2D eigenvalue weighted by Gasteiger charge is -2.16. The van der Waals surface area contributed by atoms with Gasteiger partial charge in [0.25, 0.3) is 11.1 Å². The molecule has 3 N–H and O–H groups in total. The van der Waals surface area contributed by atoms with Crippen LogP contribution in [-0.2, 0) is 0 Å². The number of carbonyl (C=O) groups excluding carboxylic acids is 1. The van der Waals surface area contributed by atoms with Crippen molar-refractivity contribution in [3.05, 3.63) is 117 Å². The van der Waals surface area contributed by atoms with Crippen molar-refractivity contribution < 1.29 is 24.0 Å². The molecule has 9 nitrogen and oxygen atoms in total. The highest BCUT2D eigenvalue weighted by Crippen LogP contribution is 2.32. The van der Waals surface area contributed by atoms with Gasteiger partial charge in [0.1, 0.15) is 11.5 Å². The van der Waals surface area contributed by atoms with Crippen LogP contribution in [0.4, 0.5) is 0 Å². The largest absolute Gasteiger partial charge is 0.489 e. The Bertz CT molecular complexity index is 1920. The minimum absolute atomic E-state index is 0.0287. The van der Waals surface area contributed by atoms with E-state index in [1.807, 2.05) is 68.4 Å². The molecule has 0 aliphatic heterocycles.